The number of benzene rings is 3. The molecule has 0 fully saturated rings. The number of pyridine rings is 1. The Bertz CT molecular complexity index is 1200. The molecular weight excluding hydrogens is 396 g/mol. The minimum atomic E-state index is -0.662. The fourth-order valence-corrected chi connectivity index (χ4v) is 3.16. The van der Waals surface area contributed by atoms with Gasteiger partial charge in [-0.05, 0) is 18.2 Å². The lowest BCUT2D eigenvalue weighted by Gasteiger charge is -2.12. The number of hydrogen-bond acceptors (Lipinski definition) is 6. The Hall–Kier alpha value is -4.59. The van der Waals surface area contributed by atoms with Crippen molar-refractivity contribution in [1.82, 2.24) is 4.98 Å². The molecule has 8 nitrogen and oxygen atoms in total. The number of anilines is 2. The Labute approximate surface area is 177 Å². The van der Waals surface area contributed by atoms with E-state index in [2.05, 4.69) is 5.32 Å². The number of hydrogen-bond donors (Lipinski definition) is 1. The average molecular weight is 412 g/mol. The topological polar surface area (TPSA) is 111 Å². The molecule has 0 atom stereocenters. The van der Waals surface area contributed by atoms with Gasteiger partial charge < -0.3 is 5.32 Å². The predicted octanol–water partition coefficient (Wildman–Crippen LogP) is 5.98. The maximum absolute atomic E-state index is 11.5. The molecule has 0 radical (unpaired) electrons. The first-order valence-corrected chi connectivity index (χ1v) is 9.34. The van der Waals surface area contributed by atoms with Crippen LogP contribution in [-0.4, -0.2) is 14.8 Å². The van der Waals surface area contributed by atoms with Gasteiger partial charge in [0, 0.05) is 22.9 Å². The molecule has 0 aliphatic rings. The maximum atomic E-state index is 11.5. The van der Waals surface area contributed by atoms with Crippen LogP contribution in [-0.2, 0) is 0 Å². The van der Waals surface area contributed by atoms with E-state index in [1.807, 2.05) is 60.7 Å². The predicted molar refractivity (Wildman–Crippen MR) is 118 cm³/mol. The third-order valence-corrected chi connectivity index (χ3v) is 4.63. The van der Waals surface area contributed by atoms with Gasteiger partial charge in [0.2, 0.25) is 0 Å². The molecule has 0 amide bonds. The van der Waals surface area contributed by atoms with Crippen molar-refractivity contribution in [3.63, 3.8) is 0 Å². The van der Waals surface area contributed by atoms with E-state index < -0.39 is 9.85 Å². The second kappa shape index (κ2) is 8.42. The Morgan fingerprint density at radius 1 is 0.677 bits per heavy atom. The van der Waals surface area contributed by atoms with E-state index in [1.165, 1.54) is 12.1 Å². The summed E-state index contributed by atoms with van der Waals surface area (Å²) in [6.07, 6.45) is 0. The number of nitro benzene ring substituents is 2. The minimum absolute atomic E-state index is 0.153. The smallest absolute Gasteiger partial charge is 0.299 e. The summed E-state index contributed by atoms with van der Waals surface area (Å²) in [4.78, 5) is 25.9. The zero-order chi connectivity index (χ0) is 21.8. The summed E-state index contributed by atoms with van der Waals surface area (Å²) in [7, 11) is 0. The van der Waals surface area contributed by atoms with Crippen LogP contribution in [0.3, 0.4) is 0 Å². The summed E-state index contributed by atoms with van der Waals surface area (Å²) in [5.74, 6) is 0. The summed E-state index contributed by atoms with van der Waals surface area (Å²) in [6.45, 7) is 0. The molecule has 0 aliphatic heterocycles. The zero-order valence-corrected chi connectivity index (χ0v) is 16.1. The number of nitro groups is 2. The minimum Gasteiger partial charge on any atom is -0.350 e. The van der Waals surface area contributed by atoms with E-state index in [4.69, 9.17) is 4.98 Å². The fraction of sp³-hybridized carbons (Fsp3) is 0. The highest BCUT2D eigenvalue weighted by molar-refractivity contribution is 5.77. The van der Waals surface area contributed by atoms with Gasteiger partial charge in [-0.2, -0.15) is 0 Å². The SMILES string of the molecule is O=[N+]([O-])c1ccc(Nc2cc(-c3ccccc3)nc(-c3ccccc3)c2)c([N+](=O)[O-])c1. The van der Waals surface area contributed by atoms with Crippen LogP contribution in [0.2, 0.25) is 0 Å². The van der Waals surface area contributed by atoms with Crippen LogP contribution in [0.25, 0.3) is 22.5 Å². The highest BCUT2D eigenvalue weighted by Crippen LogP contribution is 2.34. The van der Waals surface area contributed by atoms with E-state index in [1.54, 1.807) is 12.1 Å². The molecule has 0 aliphatic carbocycles. The van der Waals surface area contributed by atoms with Crippen LogP contribution >= 0.6 is 0 Å². The van der Waals surface area contributed by atoms with Gasteiger partial charge in [0.25, 0.3) is 11.4 Å². The number of nitrogens with one attached hydrogen (secondary N) is 1. The van der Waals surface area contributed by atoms with Gasteiger partial charge >= 0.3 is 0 Å². The molecule has 0 bridgehead atoms. The highest BCUT2D eigenvalue weighted by atomic mass is 16.6. The quantitative estimate of drug-likeness (QED) is 0.308. The molecule has 31 heavy (non-hydrogen) atoms. The Morgan fingerprint density at radius 3 is 1.71 bits per heavy atom. The molecule has 1 aromatic heterocycles. The molecule has 8 heteroatoms. The fourth-order valence-electron chi connectivity index (χ4n) is 3.16. The van der Waals surface area contributed by atoms with Gasteiger partial charge in [-0.25, -0.2) is 4.98 Å². The Morgan fingerprint density at radius 2 is 1.23 bits per heavy atom. The molecule has 4 aromatic rings. The Kier molecular flexibility index (Phi) is 5.35. The first kappa shape index (κ1) is 19.7. The van der Waals surface area contributed by atoms with Crippen molar-refractivity contribution in [3.05, 3.63) is 111 Å². The molecule has 1 heterocycles. The molecule has 0 unspecified atom stereocenters. The lowest BCUT2D eigenvalue weighted by Crippen LogP contribution is -2.00. The van der Waals surface area contributed by atoms with Crippen molar-refractivity contribution in [2.45, 2.75) is 0 Å². The van der Waals surface area contributed by atoms with Crippen molar-refractivity contribution in [1.29, 1.82) is 0 Å². The number of nitrogens with zero attached hydrogens (tertiary/aromatic N) is 3. The van der Waals surface area contributed by atoms with E-state index in [0.29, 0.717) is 17.1 Å². The van der Waals surface area contributed by atoms with Crippen molar-refractivity contribution >= 4 is 22.7 Å². The largest absolute Gasteiger partial charge is 0.350 e. The van der Waals surface area contributed by atoms with Crippen LogP contribution in [0.1, 0.15) is 0 Å². The zero-order valence-electron chi connectivity index (χ0n) is 16.1. The van der Waals surface area contributed by atoms with E-state index >= 15 is 0 Å². The van der Waals surface area contributed by atoms with E-state index in [-0.39, 0.29) is 17.1 Å². The molecule has 1 N–H and O–H groups in total. The summed E-state index contributed by atoms with van der Waals surface area (Å²) in [5.41, 5.74) is 3.16. The van der Waals surface area contributed by atoms with Crippen LogP contribution in [0, 0.1) is 20.2 Å². The number of aromatic nitrogens is 1. The van der Waals surface area contributed by atoms with Crippen LogP contribution < -0.4 is 5.32 Å². The van der Waals surface area contributed by atoms with Crippen LogP contribution in [0.15, 0.2) is 91.0 Å². The standard InChI is InChI=1S/C23H16N4O4/c28-26(29)19-11-12-20(23(15-19)27(30)31)24-18-13-21(16-7-3-1-4-8-16)25-22(14-18)17-9-5-2-6-10-17/h1-15H,(H,24,25). The van der Waals surface area contributed by atoms with Crippen LogP contribution in [0.5, 0.6) is 0 Å². The molecular formula is C23H16N4O4. The monoisotopic (exact) mass is 412 g/mol. The second-order valence-corrected chi connectivity index (χ2v) is 6.70. The van der Waals surface area contributed by atoms with Gasteiger partial charge in [-0.15, -0.1) is 0 Å². The van der Waals surface area contributed by atoms with Gasteiger partial charge in [-0.3, -0.25) is 20.2 Å². The van der Waals surface area contributed by atoms with Gasteiger partial charge in [0.05, 0.1) is 27.3 Å². The van der Waals surface area contributed by atoms with E-state index in [9.17, 15) is 20.2 Å². The van der Waals surface area contributed by atoms with Gasteiger partial charge in [0.1, 0.15) is 5.69 Å². The van der Waals surface area contributed by atoms with Gasteiger partial charge in [0.15, 0.2) is 0 Å². The number of non-ortho nitro benzene ring substituents is 1. The Balaban J connectivity index is 1.82. The highest BCUT2D eigenvalue weighted by Gasteiger charge is 2.20. The van der Waals surface area contributed by atoms with Crippen LogP contribution in [0.4, 0.5) is 22.7 Å². The summed E-state index contributed by atoms with van der Waals surface area (Å²) in [6, 6.07) is 26.2. The molecule has 4 rings (SSSR count). The molecule has 0 spiro atoms. The first-order chi connectivity index (χ1) is 15.0. The molecule has 0 saturated carbocycles. The maximum Gasteiger partial charge on any atom is 0.299 e. The van der Waals surface area contributed by atoms with Crippen molar-refractivity contribution < 1.29 is 9.85 Å². The molecule has 152 valence electrons. The van der Waals surface area contributed by atoms with E-state index in [0.717, 1.165) is 17.2 Å². The number of rotatable bonds is 6. The second-order valence-electron chi connectivity index (χ2n) is 6.70. The first-order valence-electron chi connectivity index (χ1n) is 9.34. The summed E-state index contributed by atoms with van der Waals surface area (Å²) in [5, 5.41) is 25.5. The lowest BCUT2D eigenvalue weighted by molar-refractivity contribution is -0.393. The normalized spacial score (nSPS) is 10.5. The third kappa shape index (κ3) is 4.38. The average Bonchev–Trinajstić information content (AvgIpc) is 2.80. The lowest BCUT2D eigenvalue weighted by atomic mass is 10.1. The van der Waals surface area contributed by atoms with Crippen molar-refractivity contribution in [3.8, 4) is 22.5 Å². The summed E-state index contributed by atoms with van der Waals surface area (Å²) < 4.78 is 0. The van der Waals surface area contributed by atoms with Crippen molar-refractivity contribution in [2.24, 2.45) is 0 Å². The summed E-state index contributed by atoms with van der Waals surface area (Å²) >= 11 is 0. The van der Waals surface area contributed by atoms with Crippen molar-refractivity contribution in [2.75, 3.05) is 5.32 Å². The third-order valence-electron chi connectivity index (χ3n) is 4.63. The van der Waals surface area contributed by atoms with Gasteiger partial charge in [-0.1, -0.05) is 60.7 Å². The molecule has 3 aromatic carbocycles. The molecule has 0 saturated heterocycles.